The molecule has 2 saturated heterocycles. The molecule has 0 aromatic rings. The lowest BCUT2D eigenvalue weighted by molar-refractivity contribution is -0.319. The molecule has 0 spiro atoms. The molecule has 0 saturated carbocycles. The van der Waals surface area contributed by atoms with Gasteiger partial charge >= 0.3 is 5.97 Å². The Balaban J connectivity index is 1.71. The normalized spacial score (nSPS) is 22.6. The van der Waals surface area contributed by atoms with Crippen LogP contribution in [-0.2, 0) is 23.9 Å². The highest BCUT2D eigenvalue weighted by atomic mass is 16.7. The van der Waals surface area contributed by atoms with Gasteiger partial charge in [0.05, 0.1) is 24.4 Å². The van der Waals surface area contributed by atoms with Crippen LogP contribution in [0, 0.1) is 0 Å². The van der Waals surface area contributed by atoms with E-state index in [1.165, 1.54) is 51.4 Å². The first-order chi connectivity index (χ1) is 24.4. The van der Waals surface area contributed by atoms with Crippen LogP contribution in [0.3, 0.4) is 0 Å². The molecule has 0 aromatic carbocycles. The summed E-state index contributed by atoms with van der Waals surface area (Å²) in [5.41, 5.74) is -0.527. The zero-order valence-corrected chi connectivity index (χ0v) is 36.9. The van der Waals surface area contributed by atoms with Gasteiger partial charge in [-0.25, -0.2) is 0 Å². The van der Waals surface area contributed by atoms with Crippen molar-refractivity contribution in [1.82, 2.24) is 10.1 Å². The SMILES string of the molecule is CCCCC(CC)ON1C(C)(C)CC(OC(=O)CCCCCCCCC(CCC)OC2CC(C)(C)N(OC(CC)CCCC)C(C)(C)C2)CC1(C)C. The van der Waals surface area contributed by atoms with Crippen LogP contribution in [0.15, 0.2) is 0 Å². The van der Waals surface area contributed by atoms with Crippen molar-refractivity contribution in [2.45, 2.75) is 284 Å². The Morgan fingerprint density at radius 1 is 0.519 bits per heavy atom. The molecule has 7 heteroatoms. The van der Waals surface area contributed by atoms with E-state index in [9.17, 15) is 4.79 Å². The van der Waals surface area contributed by atoms with Crippen molar-refractivity contribution >= 4 is 5.97 Å². The highest BCUT2D eigenvalue weighted by Gasteiger charge is 2.49. The van der Waals surface area contributed by atoms with Gasteiger partial charge in [-0.05, 0) is 113 Å². The maximum atomic E-state index is 12.9. The summed E-state index contributed by atoms with van der Waals surface area (Å²) in [6.45, 7) is 29.5. The van der Waals surface area contributed by atoms with E-state index in [0.29, 0.717) is 18.6 Å². The van der Waals surface area contributed by atoms with Crippen molar-refractivity contribution in [2.75, 3.05) is 0 Å². The van der Waals surface area contributed by atoms with Gasteiger partial charge < -0.3 is 9.47 Å². The second kappa shape index (κ2) is 22.7. The quantitative estimate of drug-likeness (QED) is 0.0647. The molecule has 3 unspecified atom stereocenters. The van der Waals surface area contributed by atoms with Crippen LogP contribution >= 0.6 is 0 Å². The van der Waals surface area contributed by atoms with E-state index in [4.69, 9.17) is 19.1 Å². The monoisotopic (exact) mass is 737 g/mol. The van der Waals surface area contributed by atoms with Gasteiger partial charge in [0.1, 0.15) is 6.10 Å². The summed E-state index contributed by atoms with van der Waals surface area (Å²) in [6, 6.07) is 0. The van der Waals surface area contributed by atoms with E-state index >= 15 is 0 Å². The molecule has 7 nitrogen and oxygen atoms in total. The maximum absolute atomic E-state index is 12.9. The average molecular weight is 737 g/mol. The van der Waals surface area contributed by atoms with E-state index in [-0.39, 0.29) is 46.4 Å². The number of unbranched alkanes of at least 4 members (excludes halogenated alkanes) is 7. The van der Waals surface area contributed by atoms with Crippen LogP contribution < -0.4 is 0 Å². The molecule has 0 bridgehead atoms. The Morgan fingerprint density at radius 3 is 1.35 bits per heavy atom. The standard InChI is InChI=1S/C45H88N2O5/c1-14-19-28-36(17-4)51-46-42(6,7)32-39(33-43(46,8)9)49-38(27-16-3)30-25-23-21-22-24-26-31-41(48)50-40-34-44(10,11)47(45(12,13)35-40)52-37(18-5)29-20-15-2/h36-40H,14-35H2,1-13H3. The van der Waals surface area contributed by atoms with Crippen LogP contribution in [0.2, 0.25) is 0 Å². The zero-order chi connectivity index (χ0) is 39.0. The Bertz CT molecular complexity index is 945. The smallest absolute Gasteiger partial charge is 0.306 e. The molecule has 0 aliphatic carbocycles. The molecule has 308 valence electrons. The first-order valence-electron chi connectivity index (χ1n) is 22.2. The van der Waals surface area contributed by atoms with Crippen LogP contribution in [0.25, 0.3) is 0 Å². The van der Waals surface area contributed by atoms with Gasteiger partial charge in [0.15, 0.2) is 0 Å². The summed E-state index contributed by atoms with van der Waals surface area (Å²) in [7, 11) is 0. The average Bonchev–Trinajstić information content (AvgIpc) is 3.03. The number of hydrogen-bond acceptors (Lipinski definition) is 7. The van der Waals surface area contributed by atoms with Crippen molar-refractivity contribution in [2.24, 2.45) is 0 Å². The van der Waals surface area contributed by atoms with Crippen molar-refractivity contribution in [1.29, 1.82) is 0 Å². The third kappa shape index (κ3) is 15.8. The number of carbonyl (C=O) groups is 1. The fourth-order valence-electron chi connectivity index (χ4n) is 9.39. The number of hydrogen-bond donors (Lipinski definition) is 0. The van der Waals surface area contributed by atoms with Crippen molar-refractivity contribution in [3.8, 4) is 0 Å². The van der Waals surface area contributed by atoms with Gasteiger partial charge in [0, 0.05) is 41.4 Å². The number of ether oxygens (including phenoxy) is 2. The third-order valence-corrected chi connectivity index (χ3v) is 11.7. The number of piperidine rings is 2. The van der Waals surface area contributed by atoms with E-state index in [2.05, 4.69) is 100 Å². The molecule has 0 aromatic heterocycles. The Labute approximate surface area is 323 Å². The molecule has 0 radical (unpaired) electrons. The maximum Gasteiger partial charge on any atom is 0.306 e. The first-order valence-corrected chi connectivity index (χ1v) is 22.2. The molecule has 2 rings (SSSR count). The Hall–Kier alpha value is -0.730. The van der Waals surface area contributed by atoms with Crippen LogP contribution in [0.5, 0.6) is 0 Å². The number of esters is 1. The predicted octanol–water partition coefficient (Wildman–Crippen LogP) is 12.7. The van der Waals surface area contributed by atoms with Crippen molar-refractivity contribution < 1.29 is 23.9 Å². The summed E-state index contributed by atoms with van der Waals surface area (Å²) in [6.07, 6.45) is 24.6. The molecule has 0 amide bonds. The van der Waals surface area contributed by atoms with Gasteiger partial charge in [-0.1, -0.05) is 98.8 Å². The van der Waals surface area contributed by atoms with Gasteiger partial charge in [0.25, 0.3) is 0 Å². The third-order valence-electron chi connectivity index (χ3n) is 11.7. The van der Waals surface area contributed by atoms with E-state index in [1.807, 2.05) is 0 Å². The van der Waals surface area contributed by atoms with Gasteiger partial charge in [-0.15, -0.1) is 0 Å². The van der Waals surface area contributed by atoms with Gasteiger partial charge in [-0.2, -0.15) is 10.1 Å². The molecular formula is C45H88N2O5. The van der Waals surface area contributed by atoms with Crippen LogP contribution in [-0.4, -0.2) is 68.8 Å². The minimum Gasteiger partial charge on any atom is -0.462 e. The van der Waals surface area contributed by atoms with Crippen LogP contribution in [0.1, 0.15) is 231 Å². The van der Waals surface area contributed by atoms with Crippen molar-refractivity contribution in [3.05, 3.63) is 0 Å². The molecule has 3 atom stereocenters. The number of nitrogens with zero attached hydrogens (tertiary/aromatic N) is 2. The fraction of sp³-hybridized carbons (Fsp3) is 0.978. The number of rotatable bonds is 26. The molecule has 2 aliphatic rings. The number of carbonyl (C=O) groups excluding carboxylic acids is 1. The van der Waals surface area contributed by atoms with Gasteiger partial charge in [0.2, 0.25) is 0 Å². The molecule has 0 N–H and O–H groups in total. The molecular weight excluding hydrogens is 649 g/mol. The Kier molecular flexibility index (Phi) is 20.7. The lowest BCUT2D eigenvalue weighted by Crippen LogP contribution is -2.63. The molecule has 2 aliphatic heterocycles. The highest BCUT2D eigenvalue weighted by molar-refractivity contribution is 5.69. The lowest BCUT2D eigenvalue weighted by Gasteiger charge is -2.55. The minimum absolute atomic E-state index is 0.0367. The van der Waals surface area contributed by atoms with Crippen LogP contribution in [0.4, 0.5) is 0 Å². The fourth-order valence-corrected chi connectivity index (χ4v) is 9.39. The number of hydroxylamine groups is 4. The molecule has 2 heterocycles. The predicted molar refractivity (Wildman–Crippen MR) is 218 cm³/mol. The highest BCUT2D eigenvalue weighted by Crippen LogP contribution is 2.43. The molecule has 52 heavy (non-hydrogen) atoms. The summed E-state index contributed by atoms with van der Waals surface area (Å²) in [4.78, 5) is 26.3. The summed E-state index contributed by atoms with van der Waals surface area (Å²) < 4.78 is 13.0. The summed E-state index contributed by atoms with van der Waals surface area (Å²) >= 11 is 0. The van der Waals surface area contributed by atoms with E-state index < -0.39 is 0 Å². The van der Waals surface area contributed by atoms with E-state index in [0.717, 1.165) is 83.5 Å². The first kappa shape index (κ1) is 47.4. The largest absolute Gasteiger partial charge is 0.462 e. The van der Waals surface area contributed by atoms with E-state index in [1.54, 1.807) is 0 Å². The van der Waals surface area contributed by atoms with Crippen molar-refractivity contribution in [3.63, 3.8) is 0 Å². The Morgan fingerprint density at radius 2 is 0.923 bits per heavy atom. The van der Waals surface area contributed by atoms with Gasteiger partial charge in [-0.3, -0.25) is 14.5 Å². The summed E-state index contributed by atoms with van der Waals surface area (Å²) in [5, 5.41) is 4.55. The topological polar surface area (TPSA) is 60.5 Å². The minimum atomic E-state index is -0.195. The zero-order valence-electron chi connectivity index (χ0n) is 36.9. The summed E-state index contributed by atoms with van der Waals surface area (Å²) in [5.74, 6) is -0.0367. The second-order valence-corrected chi connectivity index (χ2v) is 19.2. The molecule has 2 fully saturated rings. The second-order valence-electron chi connectivity index (χ2n) is 19.2. The lowest BCUT2D eigenvalue weighted by atomic mass is 9.80.